The van der Waals surface area contributed by atoms with Crippen LogP contribution in [0.5, 0.6) is 11.5 Å². The number of para-hydroxylation sites is 2. The first-order chi connectivity index (χ1) is 12.8. The predicted octanol–water partition coefficient (Wildman–Crippen LogP) is 4.44. The van der Waals surface area contributed by atoms with Crippen LogP contribution in [0.15, 0.2) is 48.5 Å². The van der Waals surface area contributed by atoms with E-state index >= 15 is 0 Å². The second-order valence-corrected chi connectivity index (χ2v) is 6.54. The van der Waals surface area contributed by atoms with Crippen molar-refractivity contribution in [3.63, 3.8) is 0 Å². The number of carbonyl (C=O) groups is 1. The molecule has 0 aliphatic heterocycles. The average Bonchev–Trinajstić information content (AvgIpc) is 2.67. The van der Waals surface area contributed by atoms with Gasteiger partial charge in [0.15, 0.2) is 11.5 Å². The fourth-order valence-electron chi connectivity index (χ4n) is 3.43. The molecule has 0 fully saturated rings. The summed E-state index contributed by atoms with van der Waals surface area (Å²) in [5, 5.41) is 3.19. The van der Waals surface area contributed by atoms with Gasteiger partial charge in [0, 0.05) is 6.42 Å². The first kappa shape index (κ1) is 18.3. The monoisotopic (exact) mass is 353 g/mol. The summed E-state index contributed by atoms with van der Waals surface area (Å²) >= 11 is 0. The van der Waals surface area contributed by atoms with E-state index in [1.54, 1.807) is 0 Å². The quantitative estimate of drug-likeness (QED) is 0.714. The Kier molecular flexibility index (Phi) is 6.53. The molecule has 0 spiro atoms. The lowest BCUT2D eigenvalue weighted by Crippen LogP contribution is -2.31. The second-order valence-electron chi connectivity index (χ2n) is 6.54. The normalized spacial score (nSPS) is 15.8. The summed E-state index contributed by atoms with van der Waals surface area (Å²) in [5.41, 5.74) is 2.63. The number of rotatable bonds is 8. The molecule has 26 heavy (non-hydrogen) atoms. The van der Waals surface area contributed by atoms with Gasteiger partial charge in [-0.2, -0.15) is 0 Å². The van der Waals surface area contributed by atoms with Gasteiger partial charge in [-0.15, -0.1) is 0 Å². The summed E-state index contributed by atoms with van der Waals surface area (Å²) in [4.78, 5) is 12.3. The van der Waals surface area contributed by atoms with Crippen LogP contribution in [-0.2, 0) is 11.2 Å². The molecule has 0 radical (unpaired) electrons. The molecule has 138 valence electrons. The summed E-state index contributed by atoms with van der Waals surface area (Å²) in [7, 11) is 0. The first-order valence-electron chi connectivity index (χ1n) is 9.49. The lowest BCUT2D eigenvalue weighted by Gasteiger charge is -2.26. The zero-order valence-corrected chi connectivity index (χ0v) is 15.4. The smallest absolute Gasteiger partial charge is 0.220 e. The van der Waals surface area contributed by atoms with Crippen molar-refractivity contribution in [3.05, 3.63) is 59.7 Å². The number of aryl methyl sites for hydroxylation is 1. The molecule has 1 atom stereocenters. The van der Waals surface area contributed by atoms with Gasteiger partial charge in [0.2, 0.25) is 5.91 Å². The number of ether oxygens (including phenoxy) is 2. The first-order valence-corrected chi connectivity index (χ1v) is 9.49. The van der Waals surface area contributed by atoms with Crippen molar-refractivity contribution in [1.82, 2.24) is 5.32 Å². The van der Waals surface area contributed by atoms with Gasteiger partial charge in [0.25, 0.3) is 0 Å². The summed E-state index contributed by atoms with van der Waals surface area (Å²) in [6, 6.07) is 16.2. The second kappa shape index (κ2) is 9.27. The molecule has 1 aliphatic rings. The molecule has 4 heteroatoms. The molecule has 0 heterocycles. The average molecular weight is 353 g/mol. The molecular formula is C22H27NO3. The Labute approximate surface area is 155 Å². The summed E-state index contributed by atoms with van der Waals surface area (Å²) in [6.07, 6.45) is 4.39. The Bertz CT molecular complexity index is 729. The number of amides is 1. The molecule has 0 saturated carbocycles. The van der Waals surface area contributed by atoms with E-state index in [9.17, 15) is 4.79 Å². The fourth-order valence-corrected chi connectivity index (χ4v) is 3.43. The molecule has 0 saturated heterocycles. The van der Waals surface area contributed by atoms with Crippen molar-refractivity contribution >= 4 is 5.91 Å². The molecule has 2 aromatic rings. The fraction of sp³-hybridized carbons (Fsp3) is 0.409. The van der Waals surface area contributed by atoms with Crippen molar-refractivity contribution in [3.8, 4) is 11.5 Å². The Balaban J connectivity index is 1.44. The summed E-state index contributed by atoms with van der Waals surface area (Å²) in [5.74, 6) is 1.57. The Morgan fingerprint density at radius 2 is 1.81 bits per heavy atom. The highest BCUT2D eigenvalue weighted by Gasteiger charge is 2.21. The number of fused-ring (bicyclic) bond motifs is 1. The predicted molar refractivity (Wildman–Crippen MR) is 103 cm³/mol. The summed E-state index contributed by atoms with van der Waals surface area (Å²) in [6.45, 7) is 3.05. The van der Waals surface area contributed by atoms with E-state index in [0.717, 1.165) is 30.8 Å². The van der Waals surface area contributed by atoms with E-state index in [4.69, 9.17) is 9.47 Å². The lowest BCUT2D eigenvalue weighted by atomic mass is 9.87. The maximum absolute atomic E-state index is 12.3. The van der Waals surface area contributed by atoms with Gasteiger partial charge < -0.3 is 14.8 Å². The van der Waals surface area contributed by atoms with Crippen LogP contribution in [0.3, 0.4) is 0 Å². The molecule has 0 aromatic heterocycles. The third kappa shape index (κ3) is 4.78. The Hall–Kier alpha value is -2.49. The SMILES string of the molecule is CCOc1ccccc1OCCCC(=O)N[C@H]1CCCc2ccccc21. The summed E-state index contributed by atoms with van der Waals surface area (Å²) < 4.78 is 11.3. The number of nitrogens with one attached hydrogen (secondary N) is 1. The van der Waals surface area contributed by atoms with Crippen molar-refractivity contribution in [1.29, 1.82) is 0 Å². The molecule has 1 N–H and O–H groups in total. The zero-order valence-electron chi connectivity index (χ0n) is 15.4. The van der Waals surface area contributed by atoms with Crippen LogP contribution in [0.25, 0.3) is 0 Å². The van der Waals surface area contributed by atoms with Crippen LogP contribution >= 0.6 is 0 Å². The number of hydrogen-bond acceptors (Lipinski definition) is 3. The van der Waals surface area contributed by atoms with Crippen molar-refractivity contribution in [2.24, 2.45) is 0 Å². The van der Waals surface area contributed by atoms with Gasteiger partial charge in [-0.1, -0.05) is 36.4 Å². The van der Waals surface area contributed by atoms with Crippen LogP contribution < -0.4 is 14.8 Å². The maximum atomic E-state index is 12.3. The Morgan fingerprint density at radius 1 is 1.08 bits per heavy atom. The molecule has 1 amide bonds. The van der Waals surface area contributed by atoms with Crippen LogP contribution in [0.2, 0.25) is 0 Å². The molecule has 0 unspecified atom stereocenters. The van der Waals surface area contributed by atoms with E-state index in [2.05, 4.69) is 23.5 Å². The highest BCUT2D eigenvalue weighted by Crippen LogP contribution is 2.29. The minimum atomic E-state index is 0.0911. The molecule has 0 bridgehead atoms. The third-order valence-corrected chi connectivity index (χ3v) is 4.66. The van der Waals surface area contributed by atoms with E-state index in [1.165, 1.54) is 11.1 Å². The lowest BCUT2D eigenvalue weighted by molar-refractivity contribution is -0.122. The highest BCUT2D eigenvalue weighted by atomic mass is 16.5. The van der Waals surface area contributed by atoms with Crippen molar-refractivity contribution in [2.75, 3.05) is 13.2 Å². The molecule has 4 nitrogen and oxygen atoms in total. The Morgan fingerprint density at radius 3 is 2.62 bits per heavy atom. The largest absolute Gasteiger partial charge is 0.490 e. The third-order valence-electron chi connectivity index (χ3n) is 4.66. The van der Waals surface area contributed by atoms with E-state index < -0.39 is 0 Å². The maximum Gasteiger partial charge on any atom is 0.220 e. The number of benzene rings is 2. The van der Waals surface area contributed by atoms with Gasteiger partial charge in [-0.25, -0.2) is 0 Å². The minimum absolute atomic E-state index is 0.0911. The van der Waals surface area contributed by atoms with Crippen LogP contribution in [-0.4, -0.2) is 19.1 Å². The van der Waals surface area contributed by atoms with Crippen molar-refractivity contribution in [2.45, 2.75) is 45.1 Å². The molecular weight excluding hydrogens is 326 g/mol. The van der Waals surface area contributed by atoms with E-state index in [0.29, 0.717) is 26.1 Å². The van der Waals surface area contributed by atoms with Gasteiger partial charge in [0.1, 0.15) is 0 Å². The van der Waals surface area contributed by atoms with E-state index in [-0.39, 0.29) is 11.9 Å². The van der Waals surface area contributed by atoms with Gasteiger partial charge in [0.05, 0.1) is 19.3 Å². The zero-order chi connectivity index (χ0) is 18.2. The van der Waals surface area contributed by atoms with Gasteiger partial charge >= 0.3 is 0 Å². The van der Waals surface area contributed by atoms with Crippen LogP contribution in [0.1, 0.15) is 49.8 Å². The van der Waals surface area contributed by atoms with Gasteiger partial charge in [-0.05, 0) is 55.9 Å². The number of hydrogen-bond donors (Lipinski definition) is 1. The topological polar surface area (TPSA) is 47.6 Å². The minimum Gasteiger partial charge on any atom is -0.490 e. The van der Waals surface area contributed by atoms with E-state index in [1.807, 2.05) is 37.3 Å². The van der Waals surface area contributed by atoms with Crippen LogP contribution in [0.4, 0.5) is 0 Å². The van der Waals surface area contributed by atoms with Gasteiger partial charge in [-0.3, -0.25) is 4.79 Å². The molecule has 2 aromatic carbocycles. The number of carbonyl (C=O) groups excluding carboxylic acids is 1. The highest BCUT2D eigenvalue weighted by molar-refractivity contribution is 5.76. The van der Waals surface area contributed by atoms with Crippen LogP contribution in [0, 0.1) is 0 Å². The molecule has 1 aliphatic carbocycles. The standard InChI is InChI=1S/C22H27NO3/c1-2-25-20-13-5-6-14-21(20)26-16-8-15-22(24)23-19-12-7-10-17-9-3-4-11-18(17)19/h3-6,9,11,13-14,19H,2,7-8,10,12,15-16H2,1H3,(H,23,24)/t19-/m0/s1. The van der Waals surface area contributed by atoms with Crippen molar-refractivity contribution < 1.29 is 14.3 Å². The molecule has 3 rings (SSSR count).